The van der Waals surface area contributed by atoms with Gasteiger partial charge in [0.1, 0.15) is 0 Å². The molecule has 0 spiro atoms. The smallest absolute Gasteiger partial charge is 0.203 e. The molecule has 0 amide bonds. The molecule has 0 radical (unpaired) electrons. The SMILES string of the molecule is Cc1nn(C)c(C)c1Cn1ccnc1NC1CC1. The fourth-order valence-corrected chi connectivity index (χ4v) is 2.20. The average molecular weight is 245 g/mol. The maximum absolute atomic E-state index is 4.46. The number of imidazole rings is 1. The van der Waals surface area contributed by atoms with Crippen molar-refractivity contribution >= 4 is 5.95 Å². The van der Waals surface area contributed by atoms with Crippen LogP contribution in [0.3, 0.4) is 0 Å². The summed E-state index contributed by atoms with van der Waals surface area (Å²) in [6.07, 6.45) is 6.40. The normalized spacial score (nSPS) is 15.1. The number of rotatable bonds is 4. The maximum Gasteiger partial charge on any atom is 0.203 e. The number of anilines is 1. The van der Waals surface area contributed by atoms with Crippen LogP contribution in [0.25, 0.3) is 0 Å². The Kier molecular flexibility index (Phi) is 2.61. The van der Waals surface area contributed by atoms with Crippen molar-refractivity contribution in [2.45, 2.75) is 39.3 Å². The molecule has 1 fully saturated rings. The lowest BCUT2D eigenvalue weighted by Gasteiger charge is -2.09. The first kappa shape index (κ1) is 11.3. The van der Waals surface area contributed by atoms with Crippen LogP contribution in [0.4, 0.5) is 5.95 Å². The zero-order valence-corrected chi connectivity index (χ0v) is 11.1. The zero-order valence-electron chi connectivity index (χ0n) is 11.1. The van der Waals surface area contributed by atoms with Gasteiger partial charge in [-0.15, -0.1) is 0 Å². The topological polar surface area (TPSA) is 47.7 Å². The molecule has 96 valence electrons. The summed E-state index contributed by atoms with van der Waals surface area (Å²) >= 11 is 0. The van der Waals surface area contributed by atoms with Gasteiger partial charge >= 0.3 is 0 Å². The summed E-state index contributed by atoms with van der Waals surface area (Å²) in [5, 5.41) is 7.91. The second-order valence-corrected chi connectivity index (χ2v) is 5.07. The summed E-state index contributed by atoms with van der Waals surface area (Å²) in [6.45, 7) is 5.01. The quantitative estimate of drug-likeness (QED) is 0.894. The minimum Gasteiger partial charge on any atom is -0.353 e. The highest BCUT2D eigenvalue weighted by Crippen LogP contribution is 2.24. The molecule has 1 aliphatic rings. The predicted octanol–water partition coefficient (Wildman–Crippen LogP) is 1.86. The minimum absolute atomic E-state index is 0.627. The number of hydrogen-bond acceptors (Lipinski definition) is 3. The number of aryl methyl sites for hydroxylation is 2. The maximum atomic E-state index is 4.46. The number of aromatic nitrogens is 4. The van der Waals surface area contributed by atoms with Crippen LogP contribution in [0.2, 0.25) is 0 Å². The average Bonchev–Trinajstić information content (AvgIpc) is 2.98. The van der Waals surface area contributed by atoms with E-state index in [4.69, 9.17) is 0 Å². The highest BCUT2D eigenvalue weighted by atomic mass is 15.3. The van der Waals surface area contributed by atoms with Gasteiger partial charge in [-0.1, -0.05) is 0 Å². The van der Waals surface area contributed by atoms with Crippen molar-refractivity contribution in [1.82, 2.24) is 19.3 Å². The van der Waals surface area contributed by atoms with Gasteiger partial charge in [-0.2, -0.15) is 5.10 Å². The van der Waals surface area contributed by atoms with Crippen molar-refractivity contribution in [2.24, 2.45) is 7.05 Å². The molecular weight excluding hydrogens is 226 g/mol. The van der Waals surface area contributed by atoms with E-state index in [9.17, 15) is 0 Å². The van der Waals surface area contributed by atoms with Gasteiger partial charge in [0.2, 0.25) is 5.95 Å². The zero-order chi connectivity index (χ0) is 12.7. The van der Waals surface area contributed by atoms with Gasteiger partial charge in [-0.25, -0.2) is 4.98 Å². The van der Waals surface area contributed by atoms with Gasteiger partial charge in [0.05, 0.1) is 12.2 Å². The van der Waals surface area contributed by atoms with E-state index in [1.54, 1.807) is 0 Å². The Morgan fingerprint density at radius 2 is 2.17 bits per heavy atom. The van der Waals surface area contributed by atoms with E-state index in [0.29, 0.717) is 6.04 Å². The molecule has 0 atom stereocenters. The first-order valence-corrected chi connectivity index (χ1v) is 6.42. The molecule has 3 rings (SSSR count). The van der Waals surface area contributed by atoms with Crippen molar-refractivity contribution < 1.29 is 0 Å². The molecule has 1 aliphatic carbocycles. The standard InChI is InChI=1S/C13H19N5/c1-9-12(10(2)17(3)16-9)8-18-7-6-14-13(18)15-11-4-5-11/h6-7,11H,4-5,8H2,1-3H3,(H,14,15). The van der Waals surface area contributed by atoms with Crippen LogP contribution in [0.15, 0.2) is 12.4 Å². The van der Waals surface area contributed by atoms with Gasteiger partial charge < -0.3 is 9.88 Å². The molecule has 2 aromatic rings. The van der Waals surface area contributed by atoms with Crippen LogP contribution in [-0.2, 0) is 13.6 Å². The van der Waals surface area contributed by atoms with Gasteiger partial charge in [0.15, 0.2) is 0 Å². The van der Waals surface area contributed by atoms with E-state index < -0.39 is 0 Å². The van der Waals surface area contributed by atoms with E-state index >= 15 is 0 Å². The van der Waals surface area contributed by atoms with E-state index in [2.05, 4.69) is 33.8 Å². The molecule has 2 aromatic heterocycles. The van der Waals surface area contributed by atoms with Crippen LogP contribution in [0, 0.1) is 13.8 Å². The predicted molar refractivity (Wildman–Crippen MR) is 70.7 cm³/mol. The minimum atomic E-state index is 0.627. The summed E-state index contributed by atoms with van der Waals surface area (Å²) in [6, 6.07) is 0.627. The third-order valence-electron chi connectivity index (χ3n) is 3.61. The summed E-state index contributed by atoms with van der Waals surface area (Å²) in [5.41, 5.74) is 3.61. The number of nitrogens with one attached hydrogen (secondary N) is 1. The molecule has 5 heteroatoms. The fraction of sp³-hybridized carbons (Fsp3) is 0.538. The molecule has 0 unspecified atom stereocenters. The van der Waals surface area contributed by atoms with Crippen molar-refractivity contribution in [3.8, 4) is 0 Å². The fourth-order valence-electron chi connectivity index (χ4n) is 2.20. The largest absolute Gasteiger partial charge is 0.353 e. The van der Waals surface area contributed by atoms with Gasteiger partial charge in [0.25, 0.3) is 0 Å². The number of nitrogens with zero attached hydrogens (tertiary/aromatic N) is 4. The third-order valence-corrected chi connectivity index (χ3v) is 3.61. The van der Waals surface area contributed by atoms with Crippen LogP contribution in [-0.4, -0.2) is 25.4 Å². The lowest BCUT2D eigenvalue weighted by molar-refractivity contribution is 0.727. The molecule has 0 saturated heterocycles. The van der Waals surface area contributed by atoms with Crippen molar-refractivity contribution in [3.63, 3.8) is 0 Å². The Morgan fingerprint density at radius 1 is 1.39 bits per heavy atom. The molecule has 0 aromatic carbocycles. The molecule has 1 N–H and O–H groups in total. The Morgan fingerprint density at radius 3 is 2.78 bits per heavy atom. The molecule has 1 saturated carbocycles. The van der Waals surface area contributed by atoms with Crippen LogP contribution < -0.4 is 5.32 Å². The highest BCUT2D eigenvalue weighted by molar-refractivity contribution is 5.33. The second-order valence-electron chi connectivity index (χ2n) is 5.07. The Labute approximate surface area is 107 Å². The summed E-state index contributed by atoms with van der Waals surface area (Å²) in [7, 11) is 1.99. The first-order chi connectivity index (χ1) is 8.65. The van der Waals surface area contributed by atoms with E-state index in [1.165, 1.54) is 24.1 Å². The van der Waals surface area contributed by atoms with Gasteiger partial charge in [-0.05, 0) is 26.7 Å². The van der Waals surface area contributed by atoms with E-state index in [0.717, 1.165) is 18.2 Å². The molecule has 0 bridgehead atoms. The molecule has 18 heavy (non-hydrogen) atoms. The lowest BCUT2D eigenvalue weighted by Crippen LogP contribution is -2.10. The Hall–Kier alpha value is -1.78. The summed E-state index contributed by atoms with van der Waals surface area (Å²) < 4.78 is 4.10. The van der Waals surface area contributed by atoms with Crippen LogP contribution >= 0.6 is 0 Å². The van der Waals surface area contributed by atoms with Crippen LogP contribution in [0.1, 0.15) is 29.8 Å². The van der Waals surface area contributed by atoms with Crippen molar-refractivity contribution in [3.05, 3.63) is 29.3 Å². The Balaban J connectivity index is 1.85. The molecule has 2 heterocycles. The van der Waals surface area contributed by atoms with Gasteiger partial charge in [-0.3, -0.25) is 4.68 Å². The Bertz CT molecular complexity index is 562. The summed E-state index contributed by atoms with van der Waals surface area (Å²) in [5.74, 6) is 0.972. The second kappa shape index (κ2) is 4.15. The van der Waals surface area contributed by atoms with Crippen molar-refractivity contribution in [1.29, 1.82) is 0 Å². The summed E-state index contributed by atoms with van der Waals surface area (Å²) in [4.78, 5) is 4.38. The molecular formula is C13H19N5. The van der Waals surface area contributed by atoms with Crippen molar-refractivity contribution in [2.75, 3.05) is 5.32 Å². The van der Waals surface area contributed by atoms with E-state index in [-0.39, 0.29) is 0 Å². The lowest BCUT2D eigenvalue weighted by atomic mass is 10.2. The number of hydrogen-bond donors (Lipinski definition) is 1. The van der Waals surface area contributed by atoms with E-state index in [1.807, 2.05) is 24.1 Å². The molecule has 5 nitrogen and oxygen atoms in total. The monoisotopic (exact) mass is 245 g/mol. The third kappa shape index (κ3) is 2.00. The van der Waals surface area contributed by atoms with Crippen LogP contribution in [0.5, 0.6) is 0 Å². The van der Waals surface area contributed by atoms with Gasteiger partial charge in [0, 0.05) is 36.7 Å². The molecule has 0 aliphatic heterocycles. The highest BCUT2D eigenvalue weighted by Gasteiger charge is 2.23. The first-order valence-electron chi connectivity index (χ1n) is 6.42.